The van der Waals surface area contributed by atoms with E-state index in [0.717, 1.165) is 0 Å². The number of rotatable bonds is 4. The molecule has 0 amide bonds. The molecule has 6 nitrogen and oxygen atoms in total. The van der Waals surface area contributed by atoms with Crippen molar-refractivity contribution in [2.45, 2.75) is 38.6 Å². The summed E-state index contributed by atoms with van der Waals surface area (Å²) in [5.74, 6) is 1.59. The van der Waals surface area contributed by atoms with Gasteiger partial charge in [-0.1, -0.05) is 12.8 Å². The monoisotopic (exact) mass is 278 g/mol. The van der Waals surface area contributed by atoms with E-state index in [4.69, 9.17) is 9.47 Å². The zero-order valence-corrected chi connectivity index (χ0v) is 11.4. The van der Waals surface area contributed by atoms with Crippen LogP contribution in [0.3, 0.4) is 0 Å². The van der Waals surface area contributed by atoms with Crippen LogP contribution >= 0.6 is 0 Å². The van der Waals surface area contributed by atoms with E-state index >= 15 is 0 Å². The number of nitro benzene ring substituents is 1. The highest BCUT2D eigenvalue weighted by Crippen LogP contribution is 2.41. The number of nitrogens with zero attached hydrogens (tertiary/aromatic N) is 1. The Labute approximate surface area is 117 Å². The molecule has 0 radical (unpaired) electrons. The molecule has 0 aromatic heterocycles. The van der Waals surface area contributed by atoms with Gasteiger partial charge in [0.1, 0.15) is 5.69 Å². The summed E-state index contributed by atoms with van der Waals surface area (Å²) in [6, 6.07) is 3.33. The van der Waals surface area contributed by atoms with E-state index in [1.807, 2.05) is 0 Å². The van der Waals surface area contributed by atoms with E-state index in [1.165, 1.54) is 31.7 Å². The fourth-order valence-electron chi connectivity index (χ4n) is 3.02. The first kappa shape index (κ1) is 13.0. The third-order valence-electron chi connectivity index (χ3n) is 4.18. The second kappa shape index (κ2) is 5.19. The van der Waals surface area contributed by atoms with E-state index in [9.17, 15) is 10.1 Å². The van der Waals surface area contributed by atoms with Crippen molar-refractivity contribution < 1.29 is 14.4 Å². The van der Waals surface area contributed by atoms with Crippen molar-refractivity contribution in [2.24, 2.45) is 5.92 Å². The Morgan fingerprint density at radius 1 is 1.30 bits per heavy atom. The molecule has 2 aliphatic rings. The van der Waals surface area contributed by atoms with Gasteiger partial charge >= 0.3 is 0 Å². The highest BCUT2D eigenvalue weighted by molar-refractivity contribution is 5.69. The third-order valence-corrected chi connectivity index (χ3v) is 4.18. The topological polar surface area (TPSA) is 73.6 Å². The highest BCUT2D eigenvalue weighted by Gasteiger charge is 2.27. The van der Waals surface area contributed by atoms with E-state index < -0.39 is 0 Å². The van der Waals surface area contributed by atoms with Gasteiger partial charge < -0.3 is 14.8 Å². The molecule has 1 aliphatic carbocycles. The summed E-state index contributed by atoms with van der Waals surface area (Å²) in [6.07, 6.45) is 4.87. The summed E-state index contributed by atoms with van der Waals surface area (Å²) in [6.45, 7) is 2.21. The second-order valence-corrected chi connectivity index (χ2v) is 5.46. The molecule has 1 saturated carbocycles. The van der Waals surface area contributed by atoms with Crippen LogP contribution < -0.4 is 14.8 Å². The van der Waals surface area contributed by atoms with Crippen LogP contribution in [0.2, 0.25) is 0 Å². The lowest BCUT2D eigenvalue weighted by molar-refractivity contribution is -0.384. The third kappa shape index (κ3) is 2.37. The van der Waals surface area contributed by atoms with Gasteiger partial charge in [0.2, 0.25) is 6.79 Å². The summed E-state index contributed by atoms with van der Waals surface area (Å²) in [4.78, 5) is 10.8. The molecule has 1 aromatic carbocycles. The van der Waals surface area contributed by atoms with Crippen LogP contribution in [0.25, 0.3) is 0 Å². The van der Waals surface area contributed by atoms with Gasteiger partial charge in [-0.05, 0) is 25.7 Å². The molecule has 1 aliphatic heterocycles. The zero-order chi connectivity index (χ0) is 14.1. The van der Waals surface area contributed by atoms with Crippen molar-refractivity contribution in [2.75, 3.05) is 12.1 Å². The van der Waals surface area contributed by atoms with E-state index in [1.54, 1.807) is 6.07 Å². The number of anilines is 1. The first-order chi connectivity index (χ1) is 9.65. The SMILES string of the molecule is CC(Nc1cc2c(cc1[N+](=O)[O-])OCO2)C1CCCC1. The summed E-state index contributed by atoms with van der Waals surface area (Å²) < 4.78 is 10.5. The zero-order valence-electron chi connectivity index (χ0n) is 11.4. The molecule has 1 fully saturated rings. The van der Waals surface area contributed by atoms with Crippen LogP contribution in [0.4, 0.5) is 11.4 Å². The number of benzene rings is 1. The standard InChI is InChI=1S/C14H18N2O4/c1-9(10-4-2-3-5-10)15-11-6-13-14(20-8-19-13)7-12(11)16(17)18/h6-7,9-10,15H,2-5,8H2,1H3. The average Bonchev–Trinajstić information content (AvgIpc) is 3.08. The molecule has 1 heterocycles. The number of hydrogen-bond acceptors (Lipinski definition) is 5. The normalized spacial score (nSPS) is 19.1. The average molecular weight is 278 g/mol. The number of nitrogens with one attached hydrogen (secondary N) is 1. The lowest BCUT2D eigenvalue weighted by Crippen LogP contribution is -2.24. The van der Waals surface area contributed by atoms with Gasteiger partial charge in [-0.25, -0.2) is 0 Å². The lowest BCUT2D eigenvalue weighted by Gasteiger charge is -2.21. The Balaban J connectivity index is 1.85. The van der Waals surface area contributed by atoms with Crippen LogP contribution in [0.1, 0.15) is 32.6 Å². The Morgan fingerprint density at radius 2 is 1.95 bits per heavy atom. The van der Waals surface area contributed by atoms with Crippen molar-refractivity contribution in [3.63, 3.8) is 0 Å². The maximum absolute atomic E-state index is 11.2. The first-order valence-electron chi connectivity index (χ1n) is 6.99. The molecular weight excluding hydrogens is 260 g/mol. The number of fused-ring (bicyclic) bond motifs is 1. The highest BCUT2D eigenvalue weighted by atomic mass is 16.7. The predicted octanol–water partition coefficient (Wildman–Crippen LogP) is 3.31. The van der Waals surface area contributed by atoms with Gasteiger partial charge in [0.25, 0.3) is 5.69 Å². The minimum Gasteiger partial charge on any atom is -0.454 e. The quantitative estimate of drug-likeness (QED) is 0.675. The van der Waals surface area contributed by atoms with Gasteiger partial charge in [-0.3, -0.25) is 10.1 Å². The van der Waals surface area contributed by atoms with Gasteiger partial charge in [-0.15, -0.1) is 0 Å². The van der Waals surface area contributed by atoms with Crippen molar-refractivity contribution in [3.05, 3.63) is 22.2 Å². The molecule has 1 aromatic rings. The van der Waals surface area contributed by atoms with Crippen molar-refractivity contribution >= 4 is 11.4 Å². The molecule has 20 heavy (non-hydrogen) atoms. The van der Waals surface area contributed by atoms with Crippen molar-refractivity contribution in [3.8, 4) is 11.5 Å². The summed E-state index contributed by atoms with van der Waals surface area (Å²) in [7, 11) is 0. The molecule has 1 N–H and O–H groups in total. The summed E-state index contributed by atoms with van der Waals surface area (Å²) >= 11 is 0. The van der Waals surface area contributed by atoms with Crippen LogP contribution in [-0.2, 0) is 0 Å². The number of ether oxygens (including phenoxy) is 2. The fourth-order valence-corrected chi connectivity index (χ4v) is 3.02. The molecule has 6 heteroatoms. The molecule has 0 saturated heterocycles. The van der Waals surface area contributed by atoms with Gasteiger partial charge in [-0.2, -0.15) is 0 Å². The molecule has 1 unspecified atom stereocenters. The minimum atomic E-state index is -0.383. The Hall–Kier alpha value is -1.98. The minimum absolute atomic E-state index is 0.0408. The van der Waals surface area contributed by atoms with E-state index in [2.05, 4.69) is 12.2 Å². The molecule has 0 bridgehead atoms. The Morgan fingerprint density at radius 3 is 2.60 bits per heavy atom. The van der Waals surface area contributed by atoms with Crippen molar-refractivity contribution in [1.82, 2.24) is 0 Å². The van der Waals surface area contributed by atoms with E-state index in [-0.39, 0.29) is 23.4 Å². The van der Waals surface area contributed by atoms with Crippen LogP contribution in [0.5, 0.6) is 11.5 Å². The van der Waals surface area contributed by atoms with Gasteiger partial charge in [0, 0.05) is 12.1 Å². The second-order valence-electron chi connectivity index (χ2n) is 5.46. The molecule has 1 atom stereocenters. The largest absolute Gasteiger partial charge is 0.454 e. The number of hydrogen-bond donors (Lipinski definition) is 1. The molecule has 108 valence electrons. The van der Waals surface area contributed by atoms with Crippen molar-refractivity contribution in [1.29, 1.82) is 0 Å². The summed E-state index contributed by atoms with van der Waals surface area (Å²) in [5.41, 5.74) is 0.553. The van der Waals surface area contributed by atoms with Crippen LogP contribution in [0.15, 0.2) is 12.1 Å². The maximum Gasteiger partial charge on any atom is 0.296 e. The lowest BCUT2D eigenvalue weighted by atomic mass is 9.99. The Kier molecular flexibility index (Phi) is 3.38. The van der Waals surface area contributed by atoms with Gasteiger partial charge in [0.05, 0.1) is 11.0 Å². The molecule has 0 spiro atoms. The Bertz CT molecular complexity index is 526. The maximum atomic E-state index is 11.2. The molecule has 3 rings (SSSR count). The van der Waals surface area contributed by atoms with Gasteiger partial charge in [0.15, 0.2) is 11.5 Å². The van der Waals surface area contributed by atoms with Crippen LogP contribution in [0, 0.1) is 16.0 Å². The smallest absolute Gasteiger partial charge is 0.296 e. The van der Waals surface area contributed by atoms with Crippen LogP contribution in [-0.4, -0.2) is 17.8 Å². The fraction of sp³-hybridized carbons (Fsp3) is 0.571. The predicted molar refractivity (Wildman–Crippen MR) is 74.3 cm³/mol. The summed E-state index contributed by atoms with van der Waals surface area (Å²) in [5, 5.41) is 14.5. The molecular formula is C14H18N2O4. The first-order valence-corrected chi connectivity index (χ1v) is 6.99. The van der Waals surface area contributed by atoms with E-state index in [0.29, 0.717) is 23.1 Å². The number of nitro groups is 1.